The number of hydrogen-bond donors (Lipinski definition) is 1. The molecule has 2 aromatic rings. The zero-order valence-corrected chi connectivity index (χ0v) is 12.9. The first-order chi connectivity index (χ1) is 10.2. The van der Waals surface area contributed by atoms with Crippen LogP contribution in [0.25, 0.3) is 0 Å². The summed E-state index contributed by atoms with van der Waals surface area (Å²) in [5.74, 6) is 1.88. The van der Waals surface area contributed by atoms with Crippen LogP contribution >= 0.6 is 0 Å². The number of aromatic nitrogens is 1. The largest absolute Gasteiger partial charge is 0.496 e. The van der Waals surface area contributed by atoms with Gasteiger partial charge in [-0.15, -0.1) is 0 Å². The fourth-order valence-corrected chi connectivity index (χ4v) is 2.44. The van der Waals surface area contributed by atoms with Crippen LogP contribution in [0.1, 0.15) is 18.1 Å². The summed E-state index contributed by atoms with van der Waals surface area (Å²) in [6.07, 6.45) is 2.70. The van der Waals surface area contributed by atoms with Crippen molar-refractivity contribution in [2.75, 3.05) is 19.1 Å². The van der Waals surface area contributed by atoms with Crippen LogP contribution in [0.4, 0.5) is 5.82 Å². The predicted octanol–water partition coefficient (Wildman–Crippen LogP) is 2.62. The number of para-hydroxylation sites is 1. The van der Waals surface area contributed by atoms with E-state index >= 15 is 0 Å². The number of ether oxygens (including phenoxy) is 1. The van der Waals surface area contributed by atoms with Crippen molar-refractivity contribution in [1.82, 2.24) is 4.98 Å². The normalized spacial score (nSPS) is 12.0. The van der Waals surface area contributed by atoms with E-state index in [1.54, 1.807) is 13.3 Å². The fraction of sp³-hybridized carbons (Fsp3) is 0.353. The van der Waals surface area contributed by atoms with Crippen LogP contribution in [-0.4, -0.2) is 25.2 Å². The molecule has 0 aliphatic carbocycles. The Bertz CT molecular complexity index is 586. The average molecular weight is 285 g/mol. The molecule has 0 aliphatic rings. The zero-order valence-electron chi connectivity index (χ0n) is 12.9. The van der Waals surface area contributed by atoms with Crippen LogP contribution in [0.15, 0.2) is 42.6 Å². The molecule has 2 N–H and O–H groups in total. The van der Waals surface area contributed by atoms with Crippen LogP contribution in [0.3, 0.4) is 0 Å². The van der Waals surface area contributed by atoms with Crippen molar-refractivity contribution >= 4 is 5.82 Å². The van der Waals surface area contributed by atoms with Crippen molar-refractivity contribution in [2.24, 2.45) is 5.73 Å². The first kappa shape index (κ1) is 15.3. The van der Waals surface area contributed by atoms with Gasteiger partial charge < -0.3 is 15.4 Å². The van der Waals surface area contributed by atoms with Crippen LogP contribution in [0.5, 0.6) is 5.75 Å². The molecule has 1 aromatic carbocycles. The second kappa shape index (κ2) is 7.09. The highest BCUT2D eigenvalue weighted by molar-refractivity contribution is 5.47. The number of nitrogens with two attached hydrogens (primary N) is 1. The fourth-order valence-electron chi connectivity index (χ4n) is 2.44. The Labute approximate surface area is 126 Å². The molecule has 112 valence electrons. The summed E-state index contributed by atoms with van der Waals surface area (Å²) in [5.41, 5.74) is 8.06. The molecule has 21 heavy (non-hydrogen) atoms. The van der Waals surface area contributed by atoms with E-state index in [1.807, 2.05) is 30.3 Å². The topological polar surface area (TPSA) is 51.4 Å². The molecule has 4 nitrogen and oxygen atoms in total. The van der Waals surface area contributed by atoms with E-state index in [4.69, 9.17) is 10.5 Å². The zero-order chi connectivity index (χ0) is 15.2. The van der Waals surface area contributed by atoms with Gasteiger partial charge in [-0.05, 0) is 31.0 Å². The van der Waals surface area contributed by atoms with Gasteiger partial charge in [-0.1, -0.05) is 24.3 Å². The van der Waals surface area contributed by atoms with Gasteiger partial charge in [-0.2, -0.15) is 0 Å². The maximum Gasteiger partial charge on any atom is 0.132 e. The summed E-state index contributed by atoms with van der Waals surface area (Å²) in [6, 6.07) is 12.4. The van der Waals surface area contributed by atoms with Crippen LogP contribution < -0.4 is 15.4 Å². The Hall–Kier alpha value is -2.07. The number of rotatable bonds is 6. The molecule has 4 heteroatoms. The molecule has 1 heterocycles. The van der Waals surface area contributed by atoms with Crippen LogP contribution in [0.2, 0.25) is 0 Å². The highest BCUT2D eigenvalue weighted by Crippen LogP contribution is 2.23. The molecular weight excluding hydrogens is 262 g/mol. The molecule has 0 amide bonds. The highest BCUT2D eigenvalue weighted by atomic mass is 16.5. The van der Waals surface area contributed by atoms with Gasteiger partial charge in [-0.3, -0.25) is 0 Å². The Morgan fingerprint density at radius 1 is 1.19 bits per heavy atom. The maximum absolute atomic E-state index is 5.80. The summed E-state index contributed by atoms with van der Waals surface area (Å²) in [7, 11) is 3.76. The quantitative estimate of drug-likeness (QED) is 0.886. The Kier molecular flexibility index (Phi) is 5.17. The number of hydrogen-bond acceptors (Lipinski definition) is 4. The van der Waals surface area contributed by atoms with Gasteiger partial charge in [-0.25, -0.2) is 4.98 Å². The minimum absolute atomic E-state index is 0.293. The van der Waals surface area contributed by atoms with Crippen molar-refractivity contribution in [2.45, 2.75) is 25.9 Å². The summed E-state index contributed by atoms with van der Waals surface area (Å²) >= 11 is 0. The second-order valence-corrected chi connectivity index (χ2v) is 5.17. The van der Waals surface area contributed by atoms with Crippen LogP contribution in [0, 0.1) is 0 Å². The first-order valence-electron chi connectivity index (χ1n) is 7.16. The van der Waals surface area contributed by atoms with Crippen LogP contribution in [-0.2, 0) is 13.0 Å². The number of benzene rings is 1. The SMILES string of the molecule is COc1ccccc1CC(C)N(C)c1ncccc1CN. The second-order valence-electron chi connectivity index (χ2n) is 5.17. The van der Waals surface area contributed by atoms with Crippen molar-refractivity contribution in [3.05, 3.63) is 53.7 Å². The number of nitrogens with zero attached hydrogens (tertiary/aromatic N) is 2. The van der Waals surface area contributed by atoms with E-state index in [0.29, 0.717) is 12.6 Å². The van der Waals surface area contributed by atoms with Gasteiger partial charge in [0.05, 0.1) is 7.11 Å². The molecule has 0 spiro atoms. The molecule has 0 bridgehead atoms. The van der Waals surface area contributed by atoms with E-state index in [0.717, 1.165) is 23.6 Å². The van der Waals surface area contributed by atoms with Crippen molar-refractivity contribution in [3.8, 4) is 5.75 Å². The molecule has 0 radical (unpaired) electrons. The van der Waals surface area contributed by atoms with Gasteiger partial charge in [0, 0.05) is 31.4 Å². The number of methoxy groups -OCH3 is 1. The van der Waals surface area contributed by atoms with Gasteiger partial charge in [0.1, 0.15) is 11.6 Å². The molecule has 1 atom stereocenters. The molecule has 1 unspecified atom stereocenters. The van der Waals surface area contributed by atoms with Gasteiger partial charge in [0.25, 0.3) is 0 Å². The molecule has 1 aromatic heterocycles. The van der Waals surface area contributed by atoms with E-state index in [1.165, 1.54) is 5.56 Å². The Balaban J connectivity index is 2.17. The van der Waals surface area contributed by atoms with Crippen molar-refractivity contribution < 1.29 is 4.74 Å². The lowest BCUT2D eigenvalue weighted by Gasteiger charge is -2.28. The monoisotopic (exact) mass is 285 g/mol. The van der Waals surface area contributed by atoms with Crippen molar-refractivity contribution in [1.29, 1.82) is 0 Å². The van der Waals surface area contributed by atoms with E-state index in [2.05, 4.69) is 29.9 Å². The minimum Gasteiger partial charge on any atom is -0.496 e. The molecule has 2 rings (SSSR count). The average Bonchev–Trinajstić information content (AvgIpc) is 2.54. The Morgan fingerprint density at radius 3 is 2.62 bits per heavy atom. The third kappa shape index (κ3) is 3.52. The summed E-state index contributed by atoms with van der Waals surface area (Å²) < 4.78 is 5.42. The van der Waals surface area contributed by atoms with Crippen molar-refractivity contribution in [3.63, 3.8) is 0 Å². The maximum atomic E-state index is 5.80. The molecular formula is C17H23N3O. The minimum atomic E-state index is 0.293. The summed E-state index contributed by atoms with van der Waals surface area (Å²) in [4.78, 5) is 6.64. The third-order valence-corrected chi connectivity index (χ3v) is 3.79. The molecule has 0 aliphatic heterocycles. The first-order valence-corrected chi connectivity index (χ1v) is 7.16. The lowest BCUT2D eigenvalue weighted by Crippen LogP contribution is -2.32. The number of likely N-dealkylation sites (N-methyl/N-ethyl adjacent to an activating group) is 1. The standard InChI is InChI=1S/C17H23N3O/c1-13(11-14-7-4-5-9-16(14)21-3)20(2)17-15(12-18)8-6-10-19-17/h4-10,13H,11-12,18H2,1-3H3. The Morgan fingerprint density at radius 2 is 1.90 bits per heavy atom. The van der Waals surface area contributed by atoms with Gasteiger partial charge in [0.15, 0.2) is 0 Å². The smallest absolute Gasteiger partial charge is 0.132 e. The lowest BCUT2D eigenvalue weighted by atomic mass is 10.0. The van der Waals surface area contributed by atoms with Gasteiger partial charge >= 0.3 is 0 Å². The lowest BCUT2D eigenvalue weighted by molar-refractivity contribution is 0.408. The van der Waals surface area contributed by atoms with E-state index in [9.17, 15) is 0 Å². The summed E-state index contributed by atoms with van der Waals surface area (Å²) in [5, 5.41) is 0. The molecule has 0 fully saturated rings. The number of pyridine rings is 1. The van der Waals surface area contributed by atoms with E-state index in [-0.39, 0.29) is 0 Å². The number of anilines is 1. The molecule has 0 saturated heterocycles. The predicted molar refractivity (Wildman–Crippen MR) is 86.7 cm³/mol. The van der Waals surface area contributed by atoms with Gasteiger partial charge in [0.2, 0.25) is 0 Å². The molecule has 0 saturated carbocycles. The third-order valence-electron chi connectivity index (χ3n) is 3.79. The highest BCUT2D eigenvalue weighted by Gasteiger charge is 2.16. The van der Waals surface area contributed by atoms with E-state index < -0.39 is 0 Å². The summed E-state index contributed by atoms with van der Waals surface area (Å²) in [6.45, 7) is 2.68.